The smallest absolute Gasteiger partial charge is 0.261 e. The number of hydrogen-bond acceptors (Lipinski definition) is 5. The van der Waals surface area contributed by atoms with Gasteiger partial charge < -0.3 is 14.9 Å². The maximum atomic E-state index is 13.6. The zero-order valence-electron chi connectivity index (χ0n) is 21.0. The van der Waals surface area contributed by atoms with Crippen LogP contribution in [0.1, 0.15) is 44.5 Å². The number of nitrogens with one attached hydrogen (secondary N) is 2. The predicted octanol–water partition coefficient (Wildman–Crippen LogP) is 5.34. The van der Waals surface area contributed by atoms with Crippen molar-refractivity contribution in [1.82, 2.24) is 19.9 Å². The fourth-order valence-electron chi connectivity index (χ4n) is 4.33. The molecule has 0 unspecified atom stereocenters. The zero-order chi connectivity index (χ0) is 27.5. The van der Waals surface area contributed by atoms with Gasteiger partial charge in [-0.25, -0.2) is 13.8 Å². The van der Waals surface area contributed by atoms with Crippen LogP contribution in [-0.2, 0) is 13.0 Å². The molecule has 5 aromatic rings. The number of rotatable bonds is 9. The number of aromatic nitrogens is 3. The van der Waals surface area contributed by atoms with E-state index in [1.165, 1.54) is 40.4 Å². The van der Waals surface area contributed by atoms with Gasteiger partial charge in [-0.1, -0.05) is 6.07 Å². The zero-order valence-corrected chi connectivity index (χ0v) is 21.8. The van der Waals surface area contributed by atoms with E-state index < -0.39 is 17.2 Å². The number of aryl methyl sites for hydroxylation is 1. The highest BCUT2D eigenvalue weighted by atomic mass is 32.1. The van der Waals surface area contributed by atoms with Crippen LogP contribution >= 0.6 is 11.3 Å². The Bertz CT molecular complexity index is 1760. The van der Waals surface area contributed by atoms with Crippen LogP contribution in [0.25, 0.3) is 21.5 Å². The van der Waals surface area contributed by atoms with Crippen molar-refractivity contribution >= 4 is 34.1 Å². The highest BCUT2D eigenvalue weighted by Crippen LogP contribution is 2.34. The number of halogens is 2. The van der Waals surface area contributed by atoms with Gasteiger partial charge in [0, 0.05) is 52.3 Å². The second-order valence-electron chi connectivity index (χ2n) is 8.97. The molecule has 39 heavy (non-hydrogen) atoms. The highest BCUT2D eigenvalue weighted by molar-refractivity contribution is 7.15. The number of nitrogens with zero attached hydrogens (tertiary/aromatic N) is 2. The Hall–Kier alpha value is -4.44. The standard InChI is InChI=1S/C29H24F2N4O3S/c1-2-32-28(37)18-13-21-22(15-34-27(21)33-14-18)26-10-7-19(39-26)6-9-25(36)20-4-3-11-35(29(20)38)16-17-5-8-23(30)24(31)12-17/h3-5,7-8,10-15H,2,6,9,16H2,1H3,(H,32,37)(H,33,34). The molecule has 0 aliphatic carbocycles. The van der Waals surface area contributed by atoms with E-state index in [0.29, 0.717) is 29.7 Å². The Morgan fingerprint density at radius 3 is 2.74 bits per heavy atom. The van der Waals surface area contributed by atoms with E-state index in [-0.39, 0.29) is 30.2 Å². The van der Waals surface area contributed by atoms with Crippen LogP contribution in [0.5, 0.6) is 0 Å². The molecule has 0 spiro atoms. The second-order valence-corrected chi connectivity index (χ2v) is 10.1. The van der Waals surface area contributed by atoms with Crippen LogP contribution in [0.3, 0.4) is 0 Å². The number of aromatic amines is 1. The fourth-order valence-corrected chi connectivity index (χ4v) is 5.37. The molecule has 0 aliphatic rings. The lowest BCUT2D eigenvalue weighted by Crippen LogP contribution is -2.26. The van der Waals surface area contributed by atoms with Crippen molar-refractivity contribution in [3.63, 3.8) is 0 Å². The molecule has 10 heteroatoms. The van der Waals surface area contributed by atoms with Gasteiger partial charge in [-0.2, -0.15) is 0 Å². The number of hydrogen-bond donors (Lipinski definition) is 2. The molecule has 0 bridgehead atoms. The molecule has 0 radical (unpaired) electrons. The summed E-state index contributed by atoms with van der Waals surface area (Å²) in [5.41, 5.74) is 2.05. The van der Waals surface area contributed by atoms with Crippen LogP contribution < -0.4 is 10.9 Å². The third-order valence-corrected chi connectivity index (χ3v) is 7.49. The number of ketones is 1. The van der Waals surface area contributed by atoms with Crippen LogP contribution in [0.4, 0.5) is 8.78 Å². The average molecular weight is 547 g/mol. The molecule has 5 rings (SSSR count). The van der Waals surface area contributed by atoms with Crippen molar-refractivity contribution in [3.8, 4) is 10.4 Å². The molecule has 198 valence electrons. The maximum Gasteiger partial charge on any atom is 0.261 e. The number of carbonyl (C=O) groups excluding carboxylic acids is 2. The Labute approximate surface area is 226 Å². The summed E-state index contributed by atoms with van der Waals surface area (Å²) in [4.78, 5) is 47.5. The molecule has 4 heterocycles. The number of Topliss-reactive ketones (excluding diaryl/α,β-unsaturated/α-hetero) is 1. The Morgan fingerprint density at radius 2 is 1.95 bits per heavy atom. The minimum atomic E-state index is -0.991. The summed E-state index contributed by atoms with van der Waals surface area (Å²) in [7, 11) is 0. The second kappa shape index (κ2) is 11.1. The Morgan fingerprint density at radius 1 is 1.10 bits per heavy atom. The third-order valence-electron chi connectivity index (χ3n) is 6.31. The van der Waals surface area contributed by atoms with Crippen LogP contribution in [0.2, 0.25) is 0 Å². The van der Waals surface area contributed by atoms with Gasteiger partial charge in [-0.15, -0.1) is 11.3 Å². The van der Waals surface area contributed by atoms with E-state index >= 15 is 0 Å². The number of thiophene rings is 1. The summed E-state index contributed by atoms with van der Waals surface area (Å²) >= 11 is 1.53. The number of amides is 1. The minimum absolute atomic E-state index is 0.0206. The van der Waals surface area contributed by atoms with E-state index in [9.17, 15) is 23.2 Å². The van der Waals surface area contributed by atoms with Crippen molar-refractivity contribution in [2.45, 2.75) is 26.3 Å². The molecule has 2 N–H and O–H groups in total. The average Bonchev–Trinajstić information content (AvgIpc) is 3.57. The number of fused-ring (bicyclic) bond motifs is 1. The fraction of sp³-hybridized carbons (Fsp3) is 0.172. The topological polar surface area (TPSA) is 96.8 Å². The Balaban J connectivity index is 1.29. The number of carbonyl (C=O) groups is 2. The lowest BCUT2D eigenvalue weighted by Gasteiger charge is -2.08. The highest BCUT2D eigenvalue weighted by Gasteiger charge is 2.16. The Kier molecular flexibility index (Phi) is 7.47. The van der Waals surface area contributed by atoms with E-state index in [2.05, 4.69) is 15.3 Å². The molecule has 0 saturated heterocycles. The van der Waals surface area contributed by atoms with Crippen LogP contribution in [0, 0.1) is 11.6 Å². The largest absolute Gasteiger partial charge is 0.352 e. The summed E-state index contributed by atoms with van der Waals surface area (Å²) in [6, 6.07) is 12.2. The molecule has 0 fully saturated rings. The molecule has 0 atom stereocenters. The maximum absolute atomic E-state index is 13.6. The summed E-state index contributed by atoms with van der Waals surface area (Å²) < 4.78 is 28.1. The summed E-state index contributed by atoms with van der Waals surface area (Å²) in [6.07, 6.45) is 5.49. The SMILES string of the molecule is CCNC(=O)c1cnc2[nH]cc(-c3ccc(CCC(=O)c4cccn(Cc5ccc(F)c(F)c5)c4=O)s3)c2c1. The van der Waals surface area contributed by atoms with Crippen molar-refractivity contribution in [3.05, 3.63) is 111 Å². The van der Waals surface area contributed by atoms with Gasteiger partial charge in [0.2, 0.25) is 0 Å². The molecular weight excluding hydrogens is 522 g/mol. The lowest BCUT2D eigenvalue weighted by atomic mass is 10.1. The van der Waals surface area contributed by atoms with Crippen molar-refractivity contribution < 1.29 is 18.4 Å². The van der Waals surface area contributed by atoms with Gasteiger partial charge in [0.1, 0.15) is 5.65 Å². The van der Waals surface area contributed by atoms with Crippen molar-refractivity contribution in [2.75, 3.05) is 6.54 Å². The number of benzene rings is 1. The van der Waals surface area contributed by atoms with Gasteiger partial charge >= 0.3 is 0 Å². The summed E-state index contributed by atoms with van der Waals surface area (Å²) in [5.74, 6) is -2.43. The third kappa shape index (κ3) is 5.56. The van der Waals surface area contributed by atoms with E-state index in [4.69, 9.17) is 0 Å². The summed E-state index contributed by atoms with van der Waals surface area (Å²) in [5, 5.41) is 3.60. The first-order valence-corrected chi connectivity index (χ1v) is 13.2. The normalized spacial score (nSPS) is 11.2. The molecule has 1 aromatic carbocycles. The first kappa shape index (κ1) is 26.2. The molecular formula is C29H24F2N4O3S. The summed E-state index contributed by atoms with van der Waals surface area (Å²) in [6.45, 7) is 2.40. The van der Waals surface area contributed by atoms with Crippen molar-refractivity contribution in [1.29, 1.82) is 0 Å². The molecule has 0 aliphatic heterocycles. The van der Waals surface area contributed by atoms with Crippen LogP contribution in [0.15, 0.2) is 71.9 Å². The molecule has 4 aromatic heterocycles. The van der Waals surface area contributed by atoms with Gasteiger partial charge in [0.15, 0.2) is 17.4 Å². The minimum Gasteiger partial charge on any atom is -0.352 e. The van der Waals surface area contributed by atoms with Gasteiger partial charge in [0.05, 0.1) is 17.7 Å². The quantitative estimate of drug-likeness (QED) is 0.244. The van der Waals surface area contributed by atoms with Crippen molar-refractivity contribution in [2.24, 2.45) is 0 Å². The first-order chi connectivity index (χ1) is 18.8. The van der Waals surface area contributed by atoms with Gasteiger partial charge in [0.25, 0.3) is 11.5 Å². The number of pyridine rings is 2. The van der Waals surface area contributed by atoms with Gasteiger partial charge in [-0.05, 0) is 61.4 Å². The molecule has 1 amide bonds. The van der Waals surface area contributed by atoms with Crippen LogP contribution in [-0.4, -0.2) is 32.8 Å². The predicted molar refractivity (Wildman–Crippen MR) is 146 cm³/mol. The van der Waals surface area contributed by atoms with Gasteiger partial charge in [-0.3, -0.25) is 14.4 Å². The monoisotopic (exact) mass is 546 g/mol. The lowest BCUT2D eigenvalue weighted by molar-refractivity contribution is 0.0953. The van der Waals surface area contributed by atoms with E-state index in [0.717, 1.165) is 32.8 Å². The first-order valence-electron chi connectivity index (χ1n) is 12.3. The molecule has 0 saturated carbocycles. The number of H-pyrrole nitrogens is 1. The molecule has 7 nitrogen and oxygen atoms in total. The van der Waals surface area contributed by atoms with E-state index in [1.54, 1.807) is 6.07 Å². The van der Waals surface area contributed by atoms with E-state index in [1.807, 2.05) is 31.3 Å².